The number of likely N-dealkylation sites (N-methyl/N-ethyl adjacent to an activating group) is 1. The number of piperidine rings is 1. The van der Waals surface area contributed by atoms with E-state index in [1.54, 1.807) is 4.90 Å². The Morgan fingerprint density at radius 3 is 2.56 bits per heavy atom. The van der Waals surface area contributed by atoms with E-state index >= 15 is 0 Å². The summed E-state index contributed by atoms with van der Waals surface area (Å²) in [6, 6.07) is 1.06. The number of carbonyl (C=O) groups excluding carboxylic acids is 1. The van der Waals surface area contributed by atoms with Gasteiger partial charge in [-0.25, -0.2) is 4.79 Å². The van der Waals surface area contributed by atoms with Crippen molar-refractivity contribution in [1.82, 2.24) is 15.1 Å². The number of nitrogens with one attached hydrogen (secondary N) is 1. The molecule has 5 nitrogen and oxygen atoms in total. The van der Waals surface area contributed by atoms with E-state index in [4.69, 9.17) is 4.74 Å². The molecule has 0 bridgehead atoms. The minimum atomic E-state index is -0.169. The van der Waals surface area contributed by atoms with E-state index in [-0.39, 0.29) is 6.09 Å². The van der Waals surface area contributed by atoms with Gasteiger partial charge in [0.15, 0.2) is 0 Å². The van der Waals surface area contributed by atoms with Crippen molar-refractivity contribution in [2.24, 2.45) is 0 Å². The first-order valence-corrected chi connectivity index (χ1v) is 6.86. The summed E-state index contributed by atoms with van der Waals surface area (Å²) in [6.07, 6.45) is 1.86. The maximum absolute atomic E-state index is 11.5. The summed E-state index contributed by atoms with van der Waals surface area (Å²) in [7, 11) is 4.19. The maximum atomic E-state index is 11.5. The Hall–Kier alpha value is -0.810. The molecule has 1 heterocycles. The van der Waals surface area contributed by atoms with Crippen LogP contribution in [0.25, 0.3) is 0 Å². The van der Waals surface area contributed by atoms with E-state index in [9.17, 15) is 4.79 Å². The number of nitrogens with zero attached hydrogens (tertiary/aromatic N) is 2. The van der Waals surface area contributed by atoms with Gasteiger partial charge in [-0.1, -0.05) is 0 Å². The minimum Gasteiger partial charge on any atom is -0.450 e. The second kappa shape index (κ2) is 7.59. The van der Waals surface area contributed by atoms with Gasteiger partial charge in [-0.3, -0.25) is 0 Å². The van der Waals surface area contributed by atoms with Crippen molar-refractivity contribution in [2.45, 2.75) is 38.8 Å². The molecular weight excluding hydrogens is 230 g/mol. The van der Waals surface area contributed by atoms with Crippen LogP contribution in [0.3, 0.4) is 0 Å². The van der Waals surface area contributed by atoms with E-state index in [2.05, 4.69) is 31.2 Å². The lowest BCUT2D eigenvalue weighted by Crippen LogP contribution is -2.47. The van der Waals surface area contributed by atoms with Crippen LogP contribution < -0.4 is 5.32 Å². The van der Waals surface area contributed by atoms with Gasteiger partial charge >= 0.3 is 6.09 Å². The van der Waals surface area contributed by atoms with Crippen molar-refractivity contribution in [3.8, 4) is 0 Å². The summed E-state index contributed by atoms with van der Waals surface area (Å²) in [6.45, 7) is 7.10. The minimum absolute atomic E-state index is 0.169. The second-order valence-electron chi connectivity index (χ2n) is 5.18. The summed E-state index contributed by atoms with van der Waals surface area (Å²) in [4.78, 5) is 15.5. The molecule has 1 unspecified atom stereocenters. The van der Waals surface area contributed by atoms with Gasteiger partial charge in [-0.2, -0.15) is 0 Å². The van der Waals surface area contributed by atoms with Crippen LogP contribution in [0, 0.1) is 0 Å². The molecular formula is C13H27N3O2. The molecule has 0 aliphatic carbocycles. The molecule has 1 aliphatic heterocycles. The summed E-state index contributed by atoms with van der Waals surface area (Å²) in [5, 5.41) is 3.57. The topological polar surface area (TPSA) is 44.8 Å². The highest BCUT2D eigenvalue weighted by Gasteiger charge is 2.23. The molecule has 0 spiro atoms. The number of hydrogen-bond acceptors (Lipinski definition) is 4. The molecule has 1 N–H and O–H groups in total. The Morgan fingerprint density at radius 1 is 1.44 bits per heavy atom. The highest BCUT2D eigenvalue weighted by Crippen LogP contribution is 2.11. The molecule has 18 heavy (non-hydrogen) atoms. The first-order valence-electron chi connectivity index (χ1n) is 6.86. The predicted molar refractivity (Wildman–Crippen MR) is 72.8 cm³/mol. The zero-order valence-electron chi connectivity index (χ0n) is 12.1. The Labute approximate surface area is 110 Å². The van der Waals surface area contributed by atoms with E-state index in [0.717, 1.165) is 32.5 Å². The van der Waals surface area contributed by atoms with Gasteiger partial charge in [0.2, 0.25) is 0 Å². The quantitative estimate of drug-likeness (QED) is 0.802. The standard InChI is InChI=1S/C13H27N3O2/c1-5-18-13(17)16-8-6-12(7-9-16)14-10-11(2)15(3)4/h11-12,14H,5-10H2,1-4H3. The van der Waals surface area contributed by atoms with Crippen molar-refractivity contribution >= 4 is 6.09 Å². The first kappa shape index (κ1) is 15.2. The molecule has 0 aromatic rings. The smallest absolute Gasteiger partial charge is 0.409 e. The van der Waals surface area contributed by atoms with Gasteiger partial charge in [-0.05, 0) is 40.8 Å². The third kappa shape index (κ3) is 4.82. The van der Waals surface area contributed by atoms with Crippen LogP contribution >= 0.6 is 0 Å². The lowest BCUT2D eigenvalue weighted by Gasteiger charge is -2.33. The fourth-order valence-electron chi connectivity index (χ4n) is 2.00. The normalized spacial score (nSPS) is 19.1. The van der Waals surface area contributed by atoms with Crippen LogP contribution in [0.15, 0.2) is 0 Å². The van der Waals surface area contributed by atoms with Gasteiger partial charge < -0.3 is 19.9 Å². The third-order valence-electron chi connectivity index (χ3n) is 3.60. The Morgan fingerprint density at radius 2 is 2.06 bits per heavy atom. The lowest BCUT2D eigenvalue weighted by molar-refractivity contribution is 0.0946. The highest BCUT2D eigenvalue weighted by molar-refractivity contribution is 5.67. The molecule has 1 saturated heterocycles. The highest BCUT2D eigenvalue weighted by atomic mass is 16.6. The molecule has 0 aromatic heterocycles. The van der Waals surface area contributed by atoms with Crippen molar-refractivity contribution in [3.63, 3.8) is 0 Å². The number of carbonyl (C=O) groups is 1. The van der Waals surface area contributed by atoms with E-state index in [1.165, 1.54) is 0 Å². The van der Waals surface area contributed by atoms with Crippen molar-refractivity contribution in [1.29, 1.82) is 0 Å². The average molecular weight is 257 g/mol. The monoisotopic (exact) mass is 257 g/mol. The fraction of sp³-hybridized carbons (Fsp3) is 0.923. The molecule has 5 heteroatoms. The lowest BCUT2D eigenvalue weighted by atomic mass is 10.1. The van der Waals surface area contributed by atoms with E-state index < -0.39 is 0 Å². The van der Waals surface area contributed by atoms with Crippen molar-refractivity contribution < 1.29 is 9.53 Å². The summed E-state index contributed by atoms with van der Waals surface area (Å²) in [5.74, 6) is 0. The maximum Gasteiger partial charge on any atom is 0.409 e. The SMILES string of the molecule is CCOC(=O)N1CCC(NCC(C)N(C)C)CC1. The van der Waals surface area contributed by atoms with Gasteiger partial charge in [-0.15, -0.1) is 0 Å². The van der Waals surface area contributed by atoms with Crippen molar-refractivity contribution in [3.05, 3.63) is 0 Å². The molecule has 1 aliphatic rings. The Balaban J connectivity index is 2.21. The van der Waals surface area contributed by atoms with E-state index in [0.29, 0.717) is 18.7 Å². The average Bonchev–Trinajstić information content (AvgIpc) is 2.36. The fourth-order valence-corrected chi connectivity index (χ4v) is 2.00. The summed E-state index contributed by atoms with van der Waals surface area (Å²) >= 11 is 0. The number of likely N-dealkylation sites (tertiary alicyclic amines) is 1. The molecule has 0 saturated carbocycles. The summed E-state index contributed by atoms with van der Waals surface area (Å²) in [5.41, 5.74) is 0. The van der Waals surface area contributed by atoms with E-state index in [1.807, 2.05) is 6.92 Å². The zero-order valence-corrected chi connectivity index (χ0v) is 12.1. The molecule has 1 fully saturated rings. The molecule has 0 aromatic carbocycles. The molecule has 1 atom stereocenters. The Bertz CT molecular complexity index is 251. The molecule has 1 rings (SSSR count). The van der Waals surface area contributed by atoms with Crippen LogP contribution in [0.5, 0.6) is 0 Å². The van der Waals surface area contributed by atoms with Crippen LogP contribution in [-0.4, -0.2) is 68.3 Å². The van der Waals surface area contributed by atoms with Crippen LogP contribution in [-0.2, 0) is 4.74 Å². The van der Waals surface area contributed by atoms with Gasteiger partial charge in [0.1, 0.15) is 0 Å². The molecule has 106 valence electrons. The van der Waals surface area contributed by atoms with Crippen LogP contribution in [0.2, 0.25) is 0 Å². The van der Waals surface area contributed by atoms with Crippen LogP contribution in [0.4, 0.5) is 4.79 Å². The van der Waals surface area contributed by atoms with Gasteiger partial charge in [0.25, 0.3) is 0 Å². The first-order chi connectivity index (χ1) is 8.54. The molecule has 1 amide bonds. The summed E-state index contributed by atoms with van der Waals surface area (Å²) < 4.78 is 5.01. The zero-order chi connectivity index (χ0) is 13.5. The number of rotatable bonds is 5. The number of hydrogen-bond donors (Lipinski definition) is 1. The van der Waals surface area contributed by atoms with Crippen molar-refractivity contribution in [2.75, 3.05) is 40.3 Å². The molecule has 0 radical (unpaired) electrons. The van der Waals surface area contributed by atoms with Gasteiger partial charge in [0, 0.05) is 31.7 Å². The predicted octanol–water partition coefficient (Wildman–Crippen LogP) is 1.15. The van der Waals surface area contributed by atoms with Gasteiger partial charge in [0.05, 0.1) is 6.61 Å². The third-order valence-corrected chi connectivity index (χ3v) is 3.60. The number of amides is 1. The largest absolute Gasteiger partial charge is 0.450 e. The Kier molecular flexibility index (Phi) is 6.43. The second-order valence-corrected chi connectivity index (χ2v) is 5.18. The number of ether oxygens (including phenoxy) is 1. The van der Waals surface area contributed by atoms with Crippen LogP contribution in [0.1, 0.15) is 26.7 Å².